The average Bonchev–Trinajstić information content (AvgIpc) is 2.74. The number of carbonyl (C=O) groups is 1. The fraction of sp³-hybridized carbons (Fsp3) is 0.360. The lowest BCUT2D eigenvalue weighted by atomic mass is 9.94. The maximum absolute atomic E-state index is 13.3. The number of para-hydroxylation sites is 1. The highest BCUT2D eigenvalue weighted by molar-refractivity contribution is 6.30. The Balaban J connectivity index is 1.65. The molecule has 156 valence electrons. The summed E-state index contributed by atoms with van der Waals surface area (Å²) in [5.41, 5.74) is 4.93. The highest BCUT2D eigenvalue weighted by Crippen LogP contribution is 2.29. The highest BCUT2D eigenvalue weighted by Gasteiger charge is 2.27. The molecule has 0 radical (unpaired) electrons. The number of pyridine rings is 1. The van der Waals surface area contributed by atoms with Gasteiger partial charge in [-0.3, -0.25) is 0 Å². The first-order valence-corrected chi connectivity index (χ1v) is 11.1. The zero-order valence-electron chi connectivity index (χ0n) is 17.6. The molecule has 1 N–H and O–H groups in total. The van der Waals surface area contributed by atoms with E-state index in [2.05, 4.69) is 42.3 Å². The summed E-state index contributed by atoms with van der Waals surface area (Å²) in [5.74, 6) is 0. The van der Waals surface area contributed by atoms with Crippen molar-refractivity contribution < 1.29 is 4.79 Å². The van der Waals surface area contributed by atoms with Gasteiger partial charge in [-0.25, -0.2) is 9.78 Å². The molecule has 2 amide bonds. The Morgan fingerprint density at radius 3 is 2.57 bits per heavy atom. The molecule has 0 unspecified atom stereocenters. The Morgan fingerprint density at radius 2 is 1.83 bits per heavy atom. The van der Waals surface area contributed by atoms with E-state index in [9.17, 15) is 4.79 Å². The summed E-state index contributed by atoms with van der Waals surface area (Å²) >= 11 is 6.59. The Labute approximate surface area is 183 Å². The van der Waals surface area contributed by atoms with Crippen molar-refractivity contribution in [1.82, 2.24) is 9.88 Å². The third-order valence-corrected chi connectivity index (χ3v) is 6.25. The molecular weight excluding hydrogens is 394 g/mol. The van der Waals surface area contributed by atoms with Crippen molar-refractivity contribution in [2.75, 3.05) is 5.32 Å². The van der Waals surface area contributed by atoms with Crippen LogP contribution in [0.15, 0.2) is 48.5 Å². The minimum Gasteiger partial charge on any atom is -0.317 e. The maximum Gasteiger partial charge on any atom is 0.322 e. The Kier molecular flexibility index (Phi) is 6.24. The maximum atomic E-state index is 13.3. The molecule has 2 aromatic carbocycles. The van der Waals surface area contributed by atoms with Crippen LogP contribution in [0.1, 0.15) is 48.8 Å². The number of urea groups is 1. The van der Waals surface area contributed by atoms with E-state index < -0.39 is 0 Å². The third-order valence-electron chi connectivity index (χ3n) is 5.92. The Hall–Kier alpha value is -2.59. The van der Waals surface area contributed by atoms with Crippen LogP contribution < -0.4 is 5.32 Å². The van der Waals surface area contributed by atoms with Gasteiger partial charge in [0.2, 0.25) is 0 Å². The summed E-state index contributed by atoms with van der Waals surface area (Å²) in [7, 11) is 0. The number of nitrogens with one attached hydrogen (secondary N) is 1. The fourth-order valence-electron chi connectivity index (χ4n) is 4.44. The molecule has 0 spiro atoms. The van der Waals surface area contributed by atoms with Crippen molar-refractivity contribution >= 4 is 34.2 Å². The van der Waals surface area contributed by atoms with Crippen molar-refractivity contribution in [3.05, 3.63) is 70.4 Å². The van der Waals surface area contributed by atoms with Crippen LogP contribution in [0.4, 0.5) is 10.5 Å². The number of hydrogen-bond acceptors (Lipinski definition) is 2. The summed E-state index contributed by atoms with van der Waals surface area (Å²) in [5, 5.41) is 4.60. The molecule has 30 heavy (non-hydrogen) atoms. The first-order chi connectivity index (χ1) is 14.5. The minimum absolute atomic E-state index is 0.0790. The van der Waals surface area contributed by atoms with E-state index in [1.54, 1.807) is 0 Å². The van der Waals surface area contributed by atoms with Gasteiger partial charge in [0, 0.05) is 22.7 Å². The zero-order valence-corrected chi connectivity index (χ0v) is 18.4. The number of amides is 2. The standard InChI is InChI=1S/C25H28ClN3O/c1-17-13-18(2)23-19(14-17)15-20(24(26)28-23)16-29(22-11-7-4-8-12-22)25(30)27-21-9-5-3-6-10-21/h3,5-6,9-10,13-15,22H,4,7-8,11-12,16H2,1-2H3,(H,27,30). The smallest absolute Gasteiger partial charge is 0.317 e. The zero-order chi connectivity index (χ0) is 21.1. The number of halogens is 1. The van der Waals surface area contributed by atoms with Crippen LogP contribution in [0.5, 0.6) is 0 Å². The van der Waals surface area contributed by atoms with Gasteiger partial charge in [0.1, 0.15) is 5.15 Å². The van der Waals surface area contributed by atoms with Crippen molar-refractivity contribution in [1.29, 1.82) is 0 Å². The summed E-state index contributed by atoms with van der Waals surface area (Å²) in [4.78, 5) is 19.9. The number of aromatic nitrogens is 1. The van der Waals surface area contributed by atoms with E-state index >= 15 is 0 Å². The molecule has 0 saturated heterocycles. The second-order valence-corrected chi connectivity index (χ2v) is 8.67. The van der Waals surface area contributed by atoms with Crippen LogP contribution in [0, 0.1) is 13.8 Å². The molecule has 4 nitrogen and oxygen atoms in total. The molecule has 1 heterocycles. The van der Waals surface area contributed by atoms with E-state index in [1.807, 2.05) is 35.2 Å². The molecule has 1 fully saturated rings. The Morgan fingerprint density at radius 1 is 1.10 bits per heavy atom. The summed E-state index contributed by atoms with van der Waals surface area (Å²) in [6.45, 7) is 4.60. The number of nitrogens with zero attached hydrogens (tertiary/aromatic N) is 2. The predicted molar refractivity (Wildman–Crippen MR) is 124 cm³/mol. The second-order valence-electron chi connectivity index (χ2n) is 8.31. The first-order valence-electron chi connectivity index (χ1n) is 10.7. The molecule has 1 aromatic heterocycles. The van der Waals surface area contributed by atoms with Crippen molar-refractivity contribution in [2.24, 2.45) is 0 Å². The third kappa shape index (κ3) is 4.59. The number of carbonyl (C=O) groups excluding carboxylic acids is 1. The molecule has 0 aliphatic heterocycles. The van der Waals surface area contributed by atoms with E-state index in [4.69, 9.17) is 11.6 Å². The molecular formula is C25H28ClN3O. The summed E-state index contributed by atoms with van der Waals surface area (Å²) in [6, 6.07) is 16.1. The lowest BCUT2D eigenvalue weighted by molar-refractivity contribution is 0.163. The topological polar surface area (TPSA) is 45.2 Å². The van der Waals surface area contributed by atoms with Crippen LogP contribution in [-0.2, 0) is 6.54 Å². The number of fused-ring (bicyclic) bond motifs is 1. The highest BCUT2D eigenvalue weighted by atomic mass is 35.5. The van der Waals surface area contributed by atoms with Crippen molar-refractivity contribution in [2.45, 2.75) is 58.5 Å². The summed E-state index contributed by atoms with van der Waals surface area (Å²) < 4.78 is 0. The fourth-order valence-corrected chi connectivity index (χ4v) is 4.64. The van der Waals surface area contributed by atoms with Gasteiger partial charge in [0.25, 0.3) is 0 Å². The van der Waals surface area contributed by atoms with E-state index in [1.165, 1.54) is 12.0 Å². The minimum atomic E-state index is -0.0790. The number of aryl methyl sites for hydroxylation is 2. The van der Waals surface area contributed by atoms with Gasteiger partial charge in [-0.15, -0.1) is 0 Å². The van der Waals surface area contributed by atoms with Crippen molar-refractivity contribution in [3.8, 4) is 0 Å². The lowest BCUT2D eigenvalue weighted by Crippen LogP contribution is -2.43. The summed E-state index contributed by atoms with van der Waals surface area (Å²) in [6.07, 6.45) is 5.60. The normalized spacial score (nSPS) is 14.6. The van der Waals surface area contributed by atoms with Crippen molar-refractivity contribution in [3.63, 3.8) is 0 Å². The predicted octanol–water partition coefficient (Wildman–Crippen LogP) is 6.87. The van der Waals surface area contributed by atoms with E-state index in [0.717, 1.165) is 53.4 Å². The first kappa shape index (κ1) is 20.7. The largest absolute Gasteiger partial charge is 0.322 e. The molecule has 1 saturated carbocycles. The molecule has 3 aromatic rings. The Bertz CT molecular complexity index is 1050. The molecule has 1 aliphatic carbocycles. The van der Waals surface area contributed by atoms with Gasteiger partial charge in [-0.1, -0.05) is 60.7 Å². The van der Waals surface area contributed by atoms with Crippen LogP contribution >= 0.6 is 11.6 Å². The van der Waals surface area contributed by atoms with Crippen LogP contribution in [0.2, 0.25) is 5.15 Å². The monoisotopic (exact) mass is 421 g/mol. The number of benzene rings is 2. The quantitative estimate of drug-likeness (QED) is 0.467. The van der Waals surface area contributed by atoms with Crippen LogP contribution in [0.3, 0.4) is 0 Å². The molecule has 5 heteroatoms. The van der Waals surface area contributed by atoms with E-state index in [-0.39, 0.29) is 12.1 Å². The lowest BCUT2D eigenvalue weighted by Gasteiger charge is -2.34. The SMILES string of the molecule is Cc1cc(C)c2nc(Cl)c(CN(C(=O)Nc3ccccc3)C3CCCCC3)cc2c1. The van der Waals surface area contributed by atoms with Gasteiger partial charge < -0.3 is 10.2 Å². The molecule has 0 bridgehead atoms. The average molecular weight is 422 g/mol. The van der Waals surface area contributed by atoms with Gasteiger partial charge in [0.05, 0.1) is 12.1 Å². The van der Waals surface area contributed by atoms with Gasteiger partial charge in [0.15, 0.2) is 0 Å². The number of hydrogen-bond donors (Lipinski definition) is 1. The van der Waals surface area contributed by atoms with Gasteiger partial charge >= 0.3 is 6.03 Å². The molecule has 1 aliphatic rings. The van der Waals surface area contributed by atoms with Gasteiger partial charge in [-0.2, -0.15) is 0 Å². The number of rotatable bonds is 4. The second kappa shape index (κ2) is 9.05. The van der Waals surface area contributed by atoms with Crippen LogP contribution in [-0.4, -0.2) is 22.0 Å². The van der Waals surface area contributed by atoms with Gasteiger partial charge in [-0.05, 0) is 56.5 Å². The molecule has 0 atom stereocenters. The number of anilines is 1. The molecule has 4 rings (SSSR count). The van der Waals surface area contributed by atoms with Crippen LogP contribution in [0.25, 0.3) is 10.9 Å². The van der Waals surface area contributed by atoms with E-state index in [0.29, 0.717) is 11.7 Å².